The summed E-state index contributed by atoms with van der Waals surface area (Å²) in [6.45, 7) is 3.70. The van der Waals surface area contributed by atoms with Crippen LogP contribution in [0.5, 0.6) is 0 Å². The molecule has 0 spiro atoms. The third-order valence-electron chi connectivity index (χ3n) is 4.70. The van der Waals surface area contributed by atoms with Gasteiger partial charge in [-0.25, -0.2) is 13.1 Å². The maximum Gasteiger partial charge on any atom is 0.241 e. The normalized spacial score (nSPS) is 13.7. The van der Waals surface area contributed by atoms with E-state index in [1.54, 1.807) is 30.7 Å². The second kappa shape index (κ2) is 7.20. The Hall–Kier alpha value is -2.19. The van der Waals surface area contributed by atoms with Crippen molar-refractivity contribution in [3.05, 3.63) is 40.7 Å². The number of aryl methyl sites for hydroxylation is 3. The van der Waals surface area contributed by atoms with Gasteiger partial charge < -0.3 is 5.32 Å². The molecule has 0 atom stereocenters. The van der Waals surface area contributed by atoms with Gasteiger partial charge in [0.25, 0.3) is 0 Å². The van der Waals surface area contributed by atoms with E-state index in [1.807, 2.05) is 7.05 Å². The largest absolute Gasteiger partial charge is 0.326 e. The first kappa shape index (κ1) is 18.6. The third-order valence-corrected chi connectivity index (χ3v) is 6.26. The lowest BCUT2D eigenvalue weighted by Gasteiger charge is -2.12. The van der Waals surface area contributed by atoms with Crippen LogP contribution in [0.15, 0.2) is 23.1 Å². The third kappa shape index (κ3) is 3.66. The van der Waals surface area contributed by atoms with Gasteiger partial charge in [-0.15, -0.1) is 0 Å². The van der Waals surface area contributed by atoms with E-state index in [1.165, 1.54) is 11.6 Å². The Balaban J connectivity index is 1.77. The summed E-state index contributed by atoms with van der Waals surface area (Å²) in [6, 6.07) is 4.80. The van der Waals surface area contributed by atoms with Crippen molar-refractivity contribution in [2.24, 2.45) is 7.05 Å². The van der Waals surface area contributed by atoms with Crippen molar-refractivity contribution in [2.45, 2.75) is 51.0 Å². The molecule has 1 aliphatic rings. The summed E-state index contributed by atoms with van der Waals surface area (Å²) in [7, 11) is -1.81. The van der Waals surface area contributed by atoms with Crippen molar-refractivity contribution >= 4 is 21.6 Å². The van der Waals surface area contributed by atoms with Crippen molar-refractivity contribution in [1.29, 1.82) is 0 Å². The fourth-order valence-corrected chi connectivity index (χ4v) is 4.54. The number of hydrogen-bond acceptors (Lipinski definition) is 4. The van der Waals surface area contributed by atoms with Crippen molar-refractivity contribution in [3.63, 3.8) is 0 Å². The van der Waals surface area contributed by atoms with Gasteiger partial charge in [0.2, 0.25) is 15.9 Å². The van der Waals surface area contributed by atoms with Crippen LogP contribution in [0.1, 0.15) is 42.3 Å². The van der Waals surface area contributed by atoms with E-state index >= 15 is 0 Å². The molecule has 8 heteroatoms. The number of carbonyl (C=O) groups is 1. The Morgan fingerprint density at radius 2 is 2.08 bits per heavy atom. The zero-order chi connectivity index (χ0) is 18.9. The highest BCUT2D eigenvalue weighted by molar-refractivity contribution is 7.89. The molecule has 2 N–H and O–H groups in total. The molecule has 1 amide bonds. The molecule has 0 bridgehead atoms. The molecule has 1 heterocycles. The summed E-state index contributed by atoms with van der Waals surface area (Å²) < 4.78 is 29.9. The maximum atomic E-state index is 12.7. The average molecular weight is 376 g/mol. The Morgan fingerprint density at radius 3 is 2.77 bits per heavy atom. The molecule has 1 aromatic heterocycles. The van der Waals surface area contributed by atoms with E-state index in [-0.39, 0.29) is 17.3 Å². The molecule has 0 radical (unpaired) electrons. The van der Waals surface area contributed by atoms with Gasteiger partial charge in [0, 0.05) is 19.2 Å². The van der Waals surface area contributed by atoms with E-state index < -0.39 is 10.0 Å². The molecule has 1 aromatic carbocycles. The van der Waals surface area contributed by atoms with Crippen LogP contribution < -0.4 is 10.0 Å². The molecule has 26 heavy (non-hydrogen) atoms. The quantitative estimate of drug-likeness (QED) is 0.807. The number of benzene rings is 1. The van der Waals surface area contributed by atoms with Crippen LogP contribution in [0, 0.1) is 6.92 Å². The molecule has 0 aliphatic heterocycles. The predicted molar refractivity (Wildman–Crippen MR) is 99.4 cm³/mol. The highest BCUT2D eigenvalue weighted by Crippen LogP contribution is 2.25. The second-order valence-electron chi connectivity index (χ2n) is 6.56. The molecule has 0 unspecified atom stereocenters. The molecule has 7 nitrogen and oxygen atoms in total. The Labute approximate surface area is 153 Å². The van der Waals surface area contributed by atoms with Gasteiger partial charge in [-0.1, -0.05) is 6.92 Å². The number of amides is 1. The number of nitrogens with one attached hydrogen (secondary N) is 2. The van der Waals surface area contributed by atoms with E-state index in [9.17, 15) is 13.2 Å². The molecule has 0 fully saturated rings. The van der Waals surface area contributed by atoms with Gasteiger partial charge in [0.1, 0.15) is 0 Å². The minimum atomic E-state index is -3.66. The summed E-state index contributed by atoms with van der Waals surface area (Å²) in [6.07, 6.45) is 3.35. The lowest BCUT2D eigenvalue weighted by molar-refractivity contribution is -0.115. The number of rotatable bonds is 6. The summed E-state index contributed by atoms with van der Waals surface area (Å²) >= 11 is 0. The van der Waals surface area contributed by atoms with Gasteiger partial charge in [-0.3, -0.25) is 9.48 Å². The molecule has 0 saturated carbocycles. The van der Waals surface area contributed by atoms with Crippen molar-refractivity contribution < 1.29 is 13.2 Å². The summed E-state index contributed by atoms with van der Waals surface area (Å²) in [5.41, 5.74) is 4.35. The first-order valence-electron chi connectivity index (χ1n) is 8.75. The number of anilines is 1. The van der Waals surface area contributed by atoms with Crippen LogP contribution in [-0.4, -0.2) is 24.1 Å². The number of nitrogens with zero attached hydrogens (tertiary/aromatic N) is 2. The summed E-state index contributed by atoms with van der Waals surface area (Å²) in [4.78, 5) is 11.7. The SMILES string of the molecule is CCC(=O)Nc1ccc(S(=O)(=O)NCc2c3c(nn2C)CCC3)c(C)c1. The van der Waals surface area contributed by atoms with E-state index in [0.717, 1.165) is 30.7 Å². The Kier molecular flexibility index (Phi) is 5.15. The number of aromatic nitrogens is 2. The van der Waals surface area contributed by atoms with Gasteiger partial charge in [-0.2, -0.15) is 5.10 Å². The topological polar surface area (TPSA) is 93.1 Å². The van der Waals surface area contributed by atoms with Gasteiger partial charge in [0.15, 0.2) is 0 Å². The van der Waals surface area contributed by atoms with Crippen molar-refractivity contribution in [2.75, 3.05) is 5.32 Å². The molecule has 0 saturated heterocycles. The minimum absolute atomic E-state index is 0.108. The Bertz CT molecular complexity index is 948. The monoisotopic (exact) mass is 376 g/mol. The maximum absolute atomic E-state index is 12.7. The van der Waals surface area contributed by atoms with Crippen LogP contribution >= 0.6 is 0 Å². The fourth-order valence-electron chi connectivity index (χ4n) is 3.33. The minimum Gasteiger partial charge on any atom is -0.326 e. The zero-order valence-electron chi connectivity index (χ0n) is 15.3. The fraction of sp³-hybridized carbons (Fsp3) is 0.444. The summed E-state index contributed by atoms with van der Waals surface area (Å²) in [5, 5.41) is 7.21. The second-order valence-corrected chi connectivity index (χ2v) is 8.29. The predicted octanol–water partition coefficient (Wildman–Crippen LogP) is 2.04. The van der Waals surface area contributed by atoms with Gasteiger partial charge >= 0.3 is 0 Å². The lowest BCUT2D eigenvalue weighted by atomic mass is 10.2. The standard InChI is InChI=1S/C18H24N4O3S/c1-4-18(23)20-13-8-9-17(12(2)10-13)26(24,25)19-11-16-14-6-5-7-15(14)21-22(16)3/h8-10,19H,4-7,11H2,1-3H3,(H,20,23). The first-order chi connectivity index (χ1) is 12.3. The molecule has 2 aromatic rings. The molecular weight excluding hydrogens is 352 g/mol. The van der Waals surface area contributed by atoms with Crippen molar-refractivity contribution in [3.8, 4) is 0 Å². The molecular formula is C18H24N4O3S. The molecule has 140 valence electrons. The Morgan fingerprint density at radius 1 is 1.31 bits per heavy atom. The van der Waals surface area contributed by atoms with E-state index in [4.69, 9.17) is 0 Å². The van der Waals surface area contributed by atoms with Crippen molar-refractivity contribution in [1.82, 2.24) is 14.5 Å². The first-order valence-corrected chi connectivity index (χ1v) is 10.2. The van der Waals surface area contributed by atoms with Crippen LogP contribution in [0.2, 0.25) is 0 Å². The van der Waals surface area contributed by atoms with Gasteiger partial charge in [-0.05, 0) is 55.5 Å². The number of sulfonamides is 1. The van der Waals surface area contributed by atoms with Crippen LogP contribution in [0.25, 0.3) is 0 Å². The van der Waals surface area contributed by atoms with Crippen LogP contribution in [-0.2, 0) is 41.3 Å². The number of carbonyl (C=O) groups excluding carboxylic acids is 1. The highest BCUT2D eigenvalue weighted by Gasteiger charge is 2.23. The highest BCUT2D eigenvalue weighted by atomic mass is 32.2. The summed E-state index contributed by atoms with van der Waals surface area (Å²) in [5.74, 6) is -0.108. The average Bonchev–Trinajstić information content (AvgIpc) is 3.13. The number of fused-ring (bicyclic) bond motifs is 1. The van der Waals surface area contributed by atoms with Crippen LogP contribution in [0.4, 0.5) is 5.69 Å². The molecule has 1 aliphatic carbocycles. The number of hydrogen-bond donors (Lipinski definition) is 2. The zero-order valence-corrected chi connectivity index (χ0v) is 16.1. The van der Waals surface area contributed by atoms with E-state index in [2.05, 4.69) is 15.1 Å². The lowest BCUT2D eigenvalue weighted by Crippen LogP contribution is -2.25. The smallest absolute Gasteiger partial charge is 0.241 e. The van der Waals surface area contributed by atoms with Crippen LogP contribution in [0.3, 0.4) is 0 Å². The van der Waals surface area contributed by atoms with E-state index in [0.29, 0.717) is 17.7 Å². The van der Waals surface area contributed by atoms with Gasteiger partial charge in [0.05, 0.1) is 22.8 Å². The molecule has 3 rings (SSSR count).